The third-order valence-corrected chi connectivity index (χ3v) is 3.55. The minimum absolute atomic E-state index is 0.0104. The molecular formula is C16H13N3O4. The number of aliphatic carboxylic acids is 1. The first-order valence-corrected chi connectivity index (χ1v) is 7.04. The summed E-state index contributed by atoms with van der Waals surface area (Å²) in [4.78, 5) is 18.3. The number of carbonyl (C=O) groups is 1. The average molecular weight is 311 g/mol. The molecule has 2 heterocycles. The Labute approximate surface area is 130 Å². The molecule has 2 aromatic carbocycles. The second-order valence-electron chi connectivity index (χ2n) is 5.20. The molecule has 7 nitrogen and oxygen atoms in total. The number of benzene rings is 2. The van der Waals surface area contributed by atoms with Crippen LogP contribution in [-0.4, -0.2) is 27.8 Å². The van der Waals surface area contributed by atoms with Crippen LogP contribution in [0.5, 0.6) is 11.5 Å². The number of fused-ring (bicyclic) bond motifs is 2. The van der Waals surface area contributed by atoms with Crippen molar-refractivity contribution in [2.24, 2.45) is 0 Å². The van der Waals surface area contributed by atoms with Gasteiger partial charge in [0.15, 0.2) is 11.5 Å². The summed E-state index contributed by atoms with van der Waals surface area (Å²) in [6, 6.07) is 10.9. The zero-order valence-electron chi connectivity index (χ0n) is 12.0. The van der Waals surface area contributed by atoms with Crippen molar-refractivity contribution in [2.75, 3.05) is 12.1 Å². The van der Waals surface area contributed by atoms with Gasteiger partial charge in [0.05, 0.1) is 17.5 Å². The number of hydrogen-bond acceptors (Lipinski definition) is 5. The number of aromatic amines is 1. The van der Waals surface area contributed by atoms with Crippen molar-refractivity contribution in [3.63, 3.8) is 0 Å². The van der Waals surface area contributed by atoms with E-state index in [1.807, 2.05) is 24.3 Å². The summed E-state index contributed by atoms with van der Waals surface area (Å²) in [5.41, 5.74) is 3.19. The maximum atomic E-state index is 10.7. The first-order chi connectivity index (χ1) is 11.2. The van der Waals surface area contributed by atoms with Gasteiger partial charge in [-0.25, -0.2) is 4.98 Å². The highest BCUT2D eigenvalue weighted by atomic mass is 16.7. The highest BCUT2D eigenvalue weighted by Gasteiger charge is 2.16. The molecule has 23 heavy (non-hydrogen) atoms. The molecule has 0 aliphatic carbocycles. The largest absolute Gasteiger partial charge is 0.481 e. The van der Waals surface area contributed by atoms with Crippen LogP contribution < -0.4 is 14.8 Å². The van der Waals surface area contributed by atoms with Crippen LogP contribution >= 0.6 is 0 Å². The smallest absolute Gasteiger partial charge is 0.307 e. The number of nitrogens with one attached hydrogen (secondary N) is 2. The Kier molecular flexibility index (Phi) is 3.04. The molecule has 0 fully saturated rings. The fraction of sp³-hybridized carbons (Fsp3) is 0.125. The topological polar surface area (TPSA) is 96.5 Å². The lowest BCUT2D eigenvalue weighted by molar-refractivity contribution is -0.136. The summed E-state index contributed by atoms with van der Waals surface area (Å²) in [6.45, 7) is 0.232. The number of carboxylic acid groups (broad SMARTS) is 1. The van der Waals surface area contributed by atoms with Gasteiger partial charge in [-0.3, -0.25) is 4.79 Å². The summed E-state index contributed by atoms with van der Waals surface area (Å²) < 4.78 is 10.7. The number of anilines is 2. The maximum absolute atomic E-state index is 10.7. The normalized spacial score (nSPS) is 12.5. The lowest BCUT2D eigenvalue weighted by atomic mass is 10.1. The molecule has 3 N–H and O–H groups in total. The fourth-order valence-electron chi connectivity index (χ4n) is 2.48. The van der Waals surface area contributed by atoms with Crippen molar-refractivity contribution in [3.05, 3.63) is 42.0 Å². The number of carboxylic acids is 1. The predicted octanol–water partition coefficient (Wildman–Crippen LogP) is 2.66. The van der Waals surface area contributed by atoms with Gasteiger partial charge in [-0.2, -0.15) is 0 Å². The molecular weight excluding hydrogens is 298 g/mol. The van der Waals surface area contributed by atoms with E-state index in [0.717, 1.165) is 22.3 Å². The fourth-order valence-corrected chi connectivity index (χ4v) is 2.48. The van der Waals surface area contributed by atoms with Crippen molar-refractivity contribution in [1.82, 2.24) is 9.97 Å². The number of rotatable bonds is 4. The Morgan fingerprint density at radius 1 is 1.22 bits per heavy atom. The lowest BCUT2D eigenvalue weighted by Crippen LogP contribution is -2.00. The van der Waals surface area contributed by atoms with E-state index in [1.54, 1.807) is 12.1 Å². The predicted molar refractivity (Wildman–Crippen MR) is 83.3 cm³/mol. The molecule has 0 saturated heterocycles. The molecule has 0 bridgehead atoms. The van der Waals surface area contributed by atoms with Crippen molar-refractivity contribution in [3.8, 4) is 11.5 Å². The molecule has 0 atom stereocenters. The Hall–Kier alpha value is -3.22. The van der Waals surface area contributed by atoms with Gasteiger partial charge < -0.3 is 24.9 Å². The highest BCUT2D eigenvalue weighted by molar-refractivity contribution is 5.82. The number of imidazole rings is 1. The van der Waals surface area contributed by atoms with E-state index < -0.39 is 5.97 Å². The summed E-state index contributed by atoms with van der Waals surface area (Å²) in [6.07, 6.45) is 0.0104. The molecule has 4 rings (SSSR count). The Morgan fingerprint density at radius 3 is 2.70 bits per heavy atom. The van der Waals surface area contributed by atoms with Crippen LogP contribution in [-0.2, 0) is 11.2 Å². The van der Waals surface area contributed by atoms with Crippen LogP contribution in [0.3, 0.4) is 0 Å². The molecule has 116 valence electrons. The Balaban J connectivity index is 1.56. The van der Waals surface area contributed by atoms with Crippen molar-refractivity contribution in [1.29, 1.82) is 0 Å². The van der Waals surface area contributed by atoms with E-state index >= 15 is 0 Å². The summed E-state index contributed by atoms with van der Waals surface area (Å²) >= 11 is 0. The van der Waals surface area contributed by atoms with Crippen LogP contribution in [0.1, 0.15) is 5.56 Å². The molecule has 1 aliphatic rings. The standard InChI is InChI=1S/C16H13N3O4/c20-15(21)5-9-1-3-10(4-2-9)17-16-18-11-6-13-14(23-8-22-13)7-12(11)19-16/h1-4,6-7H,5,8H2,(H,20,21)(H2,17,18,19). The molecule has 3 aromatic rings. The van der Waals surface area contributed by atoms with E-state index in [0.29, 0.717) is 17.4 Å². The first-order valence-electron chi connectivity index (χ1n) is 7.04. The van der Waals surface area contributed by atoms with Crippen LogP contribution in [0.15, 0.2) is 36.4 Å². The molecule has 0 spiro atoms. The number of H-pyrrole nitrogens is 1. The van der Waals surface area contributed by atoms with E-state index in [1.165, 1.54) is 0 Å². The van der Waals surface area contributed by atoms with Gasteiger partial charge in [-0.1, -0.05) is 12.1 Å². The second kappa shape index (κ2) is 5.20. The average Bonchev–Trinajstić information content (AvgIpc) is 3.11. The van der Waals surface area contributed by atoms with Crippen molar-refractivity contribution in [2.45, 2.75) is 6.42 Å². The monoisotopic (exact) mass is 311 g/mol. The molecule has 0 radical (unpaired) electrons. The van der Waals surface area contributed by atoms with Gasteiger partial charge in [0.2, 0.25) is 12.7 Å². The van der Waals surface area contributed by atoms with Crippen molar-refractivity contribution >= 4 is 28.6 Å². The summed E-state index contributed by atoms with van der Waals surface area (Å²) in [7, 11) is 0. The maximum Gasteiger partial charge on any atom is 0.307 e. The minimum Gasteiger partial charge on any atom is -0.481 e. The summed E-state index contributed by atoms with van der Waals surface area (Å²) in [5, 5.41) is 11.9. The van der Waals surface area contributed by atoms with E-state index in [2.05, 4.69) is 15.3 Å². The molecule has 7 heteroatoms. The van der Waals surface area contributed by atoms with Gasteiger partial charge in [0, 0.05) is 17.8 Å². The van der Waals surface area contributed by atoms with Gasteiger partial charge >= 0.3 is 5.97 Å². The third-order valence-electron chi connectivity index (χ3n) is 3.55. The van der Waals surface area contributed by atoms with Crippen molar-refractivity contribution < 1.29 is 19.4 Å². The molecule has 0 saturated carbocycles. The quantitative estimate of drug-likeness (QED) is 0.685. The van der Waals surface area contributed by atoms with Crippen LogP contribution in [0.2, 0.25) is 0 Å². The van der Waals surface area contributed by atoms with Gasteiger partial charge in [-0.15, -0.1) is 0 Å². The minimum atomic E-state index is -0.847. The molecule has 1 aromatic heterocycles. The zero-order chi connectivity index (χ0) is 15.8. The Morgan fingerprint density at radius 2 is 1.96 bits per heavy atom. The third kappa shape index (κ3) is 2.64. The molecule has 1 aliphatic heterocycles. The number of nitrogens with zero attached hydrogens (tertiary/aromatic N) is 1. The second-order valence-corrected chi connectivity index (χ2v) is 5.20. The number of ether oxygens (including phenoxy) is 2. The van der Waals surface area contributed by atoms with Gasteiger partial charge in [0.1, 0.15) is 0 Å². The summed E-state index contributed by atoms with van der Waals surface area (Å²) in [5.74, 6) is 1.13. The number of aromatic nitrogens is 2. The van der Waals surface area contributed by atoms with E-state index in [4.69, 9.17) is 14.6 Å². The van der Waals surface area contributed by atoms with Gasteiger partial charge in [0.25, 0.3) is 0 Å². The Bertz CT molecular complexity index is 845. The first kappa shape index (κ1) is 13.4. The van der Waals surface area contributed by atoms with Crippen LogP contribution in [0.25, 0.3) is 11.0 Å². The molecule has 0 amide bonds. The zero-order valence-corrected chi connectivity index (χ0v) is 12.0. The van der Waals surface area contributed by atoms with Crippen LogP contribution in [0, 0.1) is 0 Å². The van der Waals surface area contributed by atoms with E-state index in [-0.39, 0.29) is 13.2 Å². The van der Waals surface area contributed by atoms with E-state index in [9.17, 15) is 4.79 Å². The highest BCUT2D eigenvalue weighted by Crippen LogP contribution is 2.35. The SMILES string of the molecule is O=C(O)Cc1ccc(Nc2nc3cc4c(cc3[nH]2)OCO4)cc1. The lowest BCUT2D eigenvalue weighted by Gasteiger charge is -2.03. The van der Waals surface area contributed by atoms with Crippen LogP contribution in [0.4, 0.5) is 11.6 Å². The molecule has 0 unspecified atom stereocenters. The number of hydrogen-bond donors (Lipinski definition) is 3. The van der Waals surface area contributed by atoms with Gasteiger partial charge in [-0.05, 0) is 17.7 Å².